The molecule has 0 spiro atoms. The topological polar surface area (TPSA) is 66.7 Å². The highest BCUT2D eigenvalue weighted by atomic mass is 19.1. The SMILES string of the molecule is CCC1CN(C(=O)c2ccc([N+](=O)[O-])c(F)c2)CCN1C. The number of piperazine rings is 1. The van der Waals surface area contributed by atoms with E-state index in [0.717, 1.165) is 25.1 Å². The van der Waals surface area contributed by atoms with Crippen molar-refractivity contribution >= 4 is 11.6 Å². The summed E-state index contributed by atoms with van der Waals surface area (Å²) in [5.74, 6) is -1.26. The second-order valence-corrected chi connectivity index (χ2v) is 5.22. The first-order valence-corrected chi connectivity index (χ1v) is 6.87. The molecule has 1 unspecified atom stereocenters. The molecule has 114 valence electrons. The molecule has 2 rings (SSSR count). The van der Waals surface area contributed by atoms with Gasteiger partial charge in [-0.25, -0.2) is 0 Å². The molecule has 1 aromatic carbocycles. The van der Waals surface area contributed by atoms with E-state index in [1.807, 2.05) is 7.05 Å². The van der Waals surface area contributed by atoms with Crippen LogP contribution in [0.2, 0.25) is 0 Å². The van der Waals surface area contributed by atoms with E-state index in [4.69, 9.17) is 0 Å². The Kier molecular flexibility index (Phi) is 4.52. The quantitative estimate of drug-likeness (QED) is 0.631. The maximum absolute atomic E-state index is 13.6. The predicted octanol–water partition coefficient (Wildman–Crippen LogP) is 1.90. The van der Waals surface area contributed by atoms with E-state index in [1.165, 1.54) is 6.07 Å². The zero-order valence-electron chi connectivity index (χ0n) is 12.1. The number of benzene rings is 1. The number of hydrogen-bond donors (Lipinski definition) is 0. The highest BCUT2D eigenvalue weighted by Gasteiger charge is 2.27. The summed E-state index contributed by atoms with van der Waals surface area (Å²) >= 11 is 0. The van der Waals surface area contributed by atoms with Crippen LogP contribution in [0.25, 0.3) is 0 Å². The zero-order valence-corrected chi connectivity index (χ0v) is 12.1. The maximum atomic E-state index is 13.6. The average molecular weight is 295 g/mol. The number of hydrogen-bond acceptors (Lipinski definition) is 4. The van der Waals surface area contributed by atoms with E-state index >= 15 is 0 Å². The fraction of sp³-hybridized carbons (Fsp3) is 0.500. The highest BCUT2D eigenvalue weighted by Crippen LogP contribution is 2.20. The molecule has 1 saturated heterocycles. The molecule has 1 fully saturated rings. The Morgan fingerprint density at radius 1 is 1.48 bits per heavy atom. The summed E-state index contributed by atoms with van der Waals surface area (Å²) in [4.78, 5) is 26.0. The minimum atomic E-state index is -0.980. The fourth-order valence-corrected chi connectivity index (χ4v) is 2.54. The molecule has 0 N–H and O–H groups in total. The van der Waals surface area contributed by atoms with Gasteiger partial charge < -0.3 is 4.90 Å². The standard InChI is InChI=1S/C14H18FN3O3/c1-3-11-9-17(7-6-16(11)2)14(19)10-4-5-13(18(20)21)12(15)8-10/h4-5,8,11H,3,6-7,9H2,1-2H3. The minimum absolute atomic E-state index is 0.150. The molecule has 0 saturated carbocycles. The van der Waals surface area contributed by atoms with Gasteiger partial charge in [0.1, 0.15) is 0 Å². The van der Waals surface area contributed by atoms with Crippen LogP contribution in [0, 0.1) is 15.9 Å². The van der Waals surface area contributed by atoms with Crippen LogP contribution in [0.4, 0.5) is 10.1 Å². The average Bonchev–Trinajstić information content (AvgIpc) is 2.46. The lowest BCUT2D eigenvalue weighted by molar-refractivity contribution is -0.387. The minimum Gasteiger partial charge on any atom is -0.336 e. The van der Waals surface area contributed by atoms with Gasteiger partial charge in [-0.1, -0.05) is 6.92 Å². The van der Waals surface area contributed by atoms with Crippen molar-refractivity contribution in [2.45, 2.75) is 19.4 Å². The zero-order chi connectivity index (χ0) is 15.6. The molecule has 0 aliphatic carbocycles. The highest BCUT2D eigenvalue weighted by molar-refractivity contribution is 5.94. The Hall–Kier alpha value is -2.02. The molecule has 6 nitrogen and oxygen atoms in total. The first kappa shape index (κ1) is 15.4. The molecule has 0 radical (unpaired) electrons. The van der Waals surface area contributed by atoms with Crippen molar-refractivity contribution in [1.29, 1.82) is 0 Å². The normalized spacial score (nSPS) is 19.6. The second kappa shape index (κ2) is 6.17. The summed E-state index contributed by atoms with van der Waals surface area (Å²) in [6, 6.07) is 3.57. The van der Waals surface area contributed by atoms with Gasteiger partial charge in [0, 0.05) is 37.3 Å². The van der Waals surface area contributed by atoms with Crippen LogP contribution in [0.3, 0.4) is 0 Å². The smallest absolute Gasteiger partial charge is 0.304 e. The number of carbonyl (C=O) groups excluding carboxylic acids is 1. The third-order valence-electron chi connectivity index (χ3n) is 3.93. The lowest BCUT2D eigenvalue weighted by atomic mass is 10.1. The number of nitro benzene ring substituents is 1. The molecular weight excluding hydrogens is 277 g/mol. The van der Waals surface area contributed by atoms with Gasteiger partial charge in [0.25, 0.3) is 5.91 Å². The third-order valence-corrected chi connectivity index (χ3v) is 3.93. The Morgan fingerprint density at radius 2 is 2.19 bits per heavy atom. The number of likely N-dealkylation sites (N-methyl/N-ethyl adjacent to an activating group) is 1. The number of nitro groups is 1. The Morgan fingerprint density at radius 3 is 2.76 bits per heavy atom. The van der Waals surface area contributed by atoms with Crippen LogP contribution < -0.4 is 0 Å². The first-order chi connectivity index (χ1) is 9.93. The Balaban J connectivity index is 2.17. The van der Waals surface area contributed by atoms with E-state index < -0.39 is 16.4 Å². The number of halogens is 1. The van der Waals surface area contributed by atoms with Gasteiger partial charge in [-0.3, -0.25) is 19.8 Å². The molecule has 1 atom stereocenters. The largest absolute Gasteiger partial charge is 0.336 e. The lowest BCUT2D eigenvalue weighted by Crippen LogP contribution is -2.52. The van der Waals surface area contributed by atoms with Crippen molar-refractivity contribution < 1.29 is 14.1 Å². The van der Waals surface area contributed by atoms with Gasteiger partial charge in [-0.05, 0) is 25.6 Å². The van der Waals surface area contributed by atoms with Crippen molar-refractivity contribution in [3.63, 3.8) is 0 Å². The van der Waals surface area contributed by atoms with E-state index in [0.29, 0.717) is 13.1 Å². The Labute approximate surface area is 122 Å². The molecule has 7 heteroatoms. The molecule has 1 aliphatic heterocycles. The van der Waals surface area contributed by atoms with Gasteiger partial charge in [-0.15, -0.1) is 0 Å². The van der Waals surface area contributed by atoms with Crippen molar-refractivity contribution in [1.82, 2.24) is 9.80 Å². The molecule has 0 aromatic heterocycles. The van der Waals surface area contributed by atoms with Gasteiger partial charge in [0.2, 0.25) is 5.82 Å². The third kappa shape index (κ3) is 3.18. The van der Waals surface area contributed by atoms with Gasteiger partial charge in [-0.2, -0.15) is 4.39 Å². The monoisotopic (exact) mass is 295 g/mol. The maximum Gasteiger partial charge on any atom is 0.304 e. The van der Waals surface area contributed by atoms with Crippen molar-refractivity contribution in [2.24, 2.45) is 0 Å². The van der Waals surface area contributed by atoms with E-state index in [2.05, 4.69) is 11.8 Å². The summed E-state index contributed by atoms with van der Waals surface area (Å²) in [7, 11) is 2.02. The van der Waals surface area contributed by atoms with Gasteiger partial charge in [0.05, 0.1) is 4.92 Å². The first-order valence-electron chi connectivity index (χ1n) is 6.87. The molecular formula is C14H18FN3O3. The predicted molar refractivity (Wildman–Crippen MR) is 75.7 cm³/mol. The van der Waals surface area contributed by atoms with Crippen LogP contribution in [0.5, 0.6) is 0 Å². The van der Waals surface area contributed by atoms with Crippen molar-refractivity contribution in [2.75, 3.05) is 26.7 Å². The van der Waals surface area contributed by atoms with Crippen LogP contribution in [-0.2, 0) is 0 Å². The van der Waals surface area contributed by atoms with E-state index in [1.54, 1.807) is 4.90 Å². The number of amides is 1. The fourth-order valence-electron chi connectivity index (χ4n) is 2.54. The van der Waals surface area contributed by atoms with E-state index in [9.17, 15) is 19.3 Å². The van der Waals surface area contributed by atoms with Gasteiger partial charge in [0.15, 0.2) is 0 Å². The molecule has 1 aromatic rings. The summed E-state index contributed by atoms with van der Waals surface area (Å²) < 4.78 is 13.6. The van der Waals surface area contributed by atoms with Crippen LogP contribution in [0.15, 0.2) is 18.2 Å². The summed E-state index contributed by atoms with van der Waals surface area (Å²) in [5.41, 5.74) is -0.464. The Bertz CT molecular complexity index is 564. The molecule has 21 heavy (non-hydrogen) atoms. The molecule has 0 bridgehead atoms. The number of rotatable bonds is 3. The lowest BCUT2D eigenvalue weighted by Gasteiger charge is -2.39. The summed E-state index contributed by atoms with van der Waals surface area (Å²) in [6.07, 6.45) is 0.925. The second-order valence-electron chi connectivity index (χ2n) is 5.22. The molecule has 1 amide bonds. The molecule has 1 heterocycles. The van der Waals surface area contributed by atoms with Crippen LogP contribution >= 0.6 is 0 Å². The number of nitrogens with zero attached hydrogens (tertiary/aromatic N) is 3. The van der Waals surface area contributed by atoms with Crippen LogP contribution in [-0.4, -0.2) is 53.4 Å². The van der Waals surface area contributed by atoms with Crippen molar-refractivity contribution in [3.05, 3.63) is 39.7 Å². The number of carbonyl (C=O) groups is 1. The summed E-state index contributed by atoms with van der Waals surface area (Å²) in [6.45, 7) is 3.98. The van der Waals surface area contributed by atoms with Crippen LogP contribution in [0.1, 0.15) is 23.7 Å². The summed E-state index contributed by atoms with van der Waals surface area (Å²) in [5, 5.41) is 10.6. The van der Waals surface area contributed by atoms with Crippen molar-refractivity contribution in [3.8, 4) is 0 Å². The molecule has 1 aliphatic rings. The van der Waals surface area contributed by atoms with Gasteiger partial charge >= 0.3 is 5.69 Å². The van der Waals surface area contributed by atoms with E-state index in [-0.39, 0.29) is 17.5 Å².